The van der Waals surface area contributed by atoms with Crippen LogP contribution in [0.5, 0.6) is 0 Å². The molecule has 4 rings (SSSR count). The third-order valence-corrected chi connectivity index (χ3v) is 4.05. The van der Waals surface area contributed by atoms with Crippen LogP contribution >= 0.6 is 0 Å². The van der Waals surface area contributed by atoms with Gasteiger partial charge in [0.1, 0.15) is 6.33 Å². The minimum Gasteiger partial charge on any atom is -0.310 e. The molecule has 0 saturated heterocycles. The smallest absolute Gasteiger partial charge is 0.115 e. The fourth-order valence-electron chi connectivity index (χ4n) is 3.15. The van der Waals surface area contributed by atoms with Gasteiger partial charge in [-0.1, -0.05) is 18.2 Å². The third kappa shape index (κ3) is 1.65. The van der Waals surface area contributed by atoms with Crippen LogP contribution in [0.3, 0.4) is 0 Å². The van der Waals surface area contributed by atoms with E-state index in [1.165, 1.54) is 22.2 Å². The first kappa shape index (κ1) is 11.6. The lowest BCUT2D eigenvalue weighted by Crippen LogP contribution is -2.27. The molecule has 0 aliphatic carbocycles. The van der Waals surface area contributed by atoms with Crippen molar-refractivity contribution < 1.29 is 0 Å². The van der Waals surface area contributed by atoms with Gasteiger partial charge in [0.25, 0.3) is 0 Å². The Morgan fingerprint density at radius 1 is 1.10 bits per heavy atom. The van der Waals surface area contributed by atoms with Gasteiger partial charge in [-0.05, 0) is 18.7 Å². The number of rotatable bonds is 1. The van der Waals surface area contributed by atoms with Gasteiger partial charge in [0.15, 0.2) is 0 Å². The molecule has 100 valence electrons. The first-order valence-electron chi connectivity index (χ1n) is 6.90. The summed E-state index contributed by atoms with van der Waals surface area (Å²) >= 11 is 0. The van der Waals surface area contributed by atoms with E-state index < -0.39 is 0 Å². The molecular formula is C16H16N4. The summed E-state index contributed by atoms with van der Waals surface area (Å²) < 4.78 is 2.32. The highest BCUT2D eigenvalue weighted by Crippen LogP contribution is 2.32. The maximum Gasteiger partial charge on any atom is 0.115 e. The number of hydrogen-bond acceptors (Lipinski definition) is 3. The summed E-state index contributed by atoms with van der Waals surface area (Å²) in [5, 5.41) is 1.35. The van der Waals surface area contributed by atoms with Gasteiger partial charge in [0, 0.05) is 30.6 Å². The zero-order chi connectivity index (χ0) is 13.5. The number of fused-ring (bicyclic) bond motifs is 3. The molecule has 20 heavy (non-hydrogen) atoms. The Morgan fingerprint density at radius 2 is 1.90 bits per heavy atom. The molecule has 0 N–H and O–H groups in total. The van der Waals surface area contributed by atoms with E-state index in [4.69, 9.17) is 0 Å². The van der Waals surface area contributed by atoms with Gasteiger partial charge in [-0.3, -0.25) is 0 Å². The maximum atomic E-state index is 4.17. The molecule has 3 heterocycles. The lowest BCUT2D eigenvalue weighted by molar-refractivity contribution is 0.311. The Labute approximate surface area is 117 Å². The Hall–Kier alpha value is -2.20. The molecule has 0 unspecified atom stereocenters. The number of aromatic nitrogens is 3. The highest BCUT2D eigenvalue weighted by atomic mass is 15.1. The molecule has 3 aromatic rings. The molecule has 2 aromatic heterocycles. The normalized spacial score (nSPS) is 15.4. The van der Waals surface area contributed by atoms with E-state index in [9.17, 15) is 0 Å². The fourth-order valence-corrected chi connectivity index (χ4v) is 3.15. The molecule has 1 aromatic carbocycles. The van der Waals surface area contributed by atoms with Crippen molar-refractivity contribution in [3.63, 3.8) is 0 Å². The van der Waals surface area contributed by atoms with E-state index in [1.54, 1.807) is 6.33 Å². The number of likely N-dealkylation sites (N-methyl/N-ethyl adjacent to an activating group) is 1. The van der Waals surface area contributed by atoms with Crippen LogP contribution in [-0.2, 0) is 13.0 Å². The molecule has 0 amide bonds. The van der Waals surface area contributed by atoms with Crippen LogP contribution in [0.2, 0.25) is 0 Å². The van der Waals surface area contributed by atoms with Crippen molar-refractivity contribution in [3.8, 4) is 5.69 Å². The van der Waals surface area contributed by atoms with Crippen LogP contribution in [0.25, 0.3) is 16.6 Å². The summed E-state index contributed by atoms with van der Waals surface area (Å²) in [4.78, 5) is 10.7. The van der Waals surface area contributed by atoms with Gasteiger partial charge < -0.3 is 9.47 Å². The summed E-state index contributed by atoms with van der Waals surface area (Å²) in [6.45, 7) is 2.10. The summed E-state index contributed by atoms with van der Waals surface area (Å²) in [7, 11) is 2.18. The lowest BCUT2D eigenvalue weighted by atomic mass is 10.1. The fraction of sp³-hybridized carbons (Fsp3) is 0.250. The number of benzene rings is 1. The van der Waals surface area contributed by atoms with Gasteiger partial charge in [-0.2, -0.15) is 0 Å². The van der Waals surface area contributed by atoms with Crippen LogP contribution < -0.4 is 0 Å². The van der Waals surface area contributed by atoms with Crippen molar-refractivity contribution >= 4 is 10.9 Å². The molecule has 0 radical (unpaired) electrons. The quantitative estimate of drug-likeness (QED) is 0.677. The largest absolute Gasteiger partial charge is 0.310 e. The van der Waals surface area contributed by atoms with Gasteiger partial charge >= 0.3 is 0 Å². The first-order chi connectivity index (χ1) is 9.84. The zero-order valence-corrected chi connectivity index (χ0v) is 11.5. The Bertz CT molecular complexity index is 761. The summed E-state index contributed by atoms with van der Waals surface area (Å²) in [6.07, 6.45) is 6.42. The van der Waals surface area contributed by atoms with Crippen molar-refractivity contribution in [3.05, 3.63) is 54.2 Å². The lowest BCUT2D eigenvalue weighted by Gasteiger charge is -2.24. The van der Waals surface area contributed by atoms with Crippen molar-refractivity contribution in [1.82, 2.24) is 19.4 Å². The molecule has 1 aliphatic rings. The summed E-state index contributed by atoms with van der Waals surface area (Å²) in [6, 6.07) is 8.61. The van der Waals surface area contributed by atoms with E-state index in [1.807, 2.05) is 12.4 Å². The second-order valence-electron chi connectivity index (χ2n) is 5.36. The van der Waals surface area contributed by atoms with Crippen LogP contribution in [-0.4, -0.2) is 33.0 Å². The SMILES string of the molecule is CN1CCc2c(c3ccccc3n2-c2cncnc2)C1. The van der Waals surface area contributed by atoms with Crippen LogP contribution in [0, 0.1) is 0 Å². The zero-order valence-electron chi connectivity index (χ0n) is 11.5. The van der Waals surface area contributed by atoms with E-state index in [0.29, 0.717) is 0 Å². The van der Waals surface area contributed by atoms with E-state index in [0.717, 1.165) is 25.2 Å². The molecule has 0 spiro atoms. The van der Waals surface area contributed by atoms with Crippen LogP contribution in [0.15, 0.2) is 43.0 Å². The van der Waals surface area contributed by atoms with Crippen molar-refractivity contribution in [2.45, 2.75) is 13.0 Å². The van der Waals surface area contributed by atoms with Gasteiger partial charge in [-0.25, -0.2) is 9.97 Å². The highest BCUT2D eigenvalue weighted by molar-refractivity contribution is 5.87. The number of hydrogen-bond donors (Lipinski definition) is 0. The molecular weight excluding hydrogens is 248 g/mol. The van der Waals surface area contributed by atoms with E-state index in [-0.39, 0.29) is 0 Å². The van der Waals surface area contributed by atoms with Gasteiger partial charge in [-0.15, -0.1) is 0 Å². The summed E-state index contributed by atoms with van der Waals surface area (Å²) in [5.41, 5.74) is 5.15. The topological polar surface area (TPSA) is 34.0 Å². The first-order valence-corrected chi connectivity index (χ1v) is 6.90. The Balaban J connectivity index is 2.06. The predicted molar refractivity (Wildman–Crippen MR) is 78.9 cm³/mol. The monoisotopic (exact) mass is 264 g/mol. The minimum atomic E-state index is 1.01. The van der Waals surface area contributed by atoms with Crippen molar-refractivity contribution in [2.75, 3.05) is 13.6 Å². The van der Waals surface area contributed by atoms with E-state index in [2.05, 4.69) is 50.7 Å². The molecule has 0 bridgehead atoms. The van der Waals surface area contributed by atoms with Crippen molar-refractivity contribution in [1.29, 1.82) is 0 Å². The van der Waals surface area contributed by atoms with Gasteiger partial charge in [0.05, 0.1) is 23.6 Å². The van der Waals surface area contributed by atoms with Gasteiger partial charge in [0.2, 0.25) is 0 Å². The standard InChI is InChI=1S/C16H16N4/c1-19-7-6-16-14(10-19)13-4-2-3-5-15(13)20(16)12-8-17-11-18-9-12/h2-5,8-9,11H,6-7,10H2,1H3. The molecule has 4 nitrogen and oxygen atoms in total. The average Bonchev–Trinajstić information content (AvgIpc) is 2.82. The maximum absolute atomic E-state index is 4.17. The molecule has 4 heteroatoms. The predicted octanol–water partition coefficient (Wildman–Crippen LogP) is 2.41. The third-order valence-electron chi connectivity index (χ3n) is 4.05. The number of nitrogens with zero attached hydrogens (tertiary/aromatic N) is 4. The molecule has 0 fully saturated rings. The van der Waals surface area contributed by atoms with E-state index >= 15 is 0 Å². The molecule has 0 saturated carbocycles. The molecule has 1 aliphatic heterocycles. The number of para-hydroxylation sites is 1. The molecule has 0 atom stereocenters. The van der Waals surface area contributed by atoms with Crippen LogP contribution in [0.1, 0.15) is 11.3 Å². The van der Waals surface area contributed by atoms with Crippen molar-refractivity contribution in [2.24, 2.45) is 0 Å². The minimum absolute atomic E-state index is 1.01. The second kappa shape index (κ2) is 4.42. The summed E-state index contributed by atoms with van der Waals surface area (Å²) in [5.74, 6) is 0. The average molecular weight is 264 g/mol. The van der Waals surface area contributed by atoms with Crippen LogP contribution in [0.4, 0.5) is 0 Å². The second-order valence-corrected chi connectivity index (χ2v) is 5.36. The highest BCUT2D eigenvalue weighted by Gasteiger charge is 2.22. The Kier molecular flexibility index (Phi) is 2.57. The Morgan fingerprint density at radius 3 is 2.75 bits per heavy atom.